The number of carbonyl (C=O) groups excluding carboxylic acids is 1. The van der Waals surface area contributed by atoms with Crippen LogP contribution in [-0.2, 0) is 4.79 Å². The molecule has 0 aliphatic rings. The number of carbonyl (C=O) groups is 1. The Bertz CT molecular complexity index is 267. The van der Waals surface area contributed by atoms with Gasteiger partial charge >= 0.3 is 0 Å². The van der Waals surface area contributed by atoms with E-state index in [9.17, 15) is 4.79 Å². The van der Waals surface area contributed by atoms with Crippen LogP contribution in [0.25, 0.3) is 0 Å². The lowest BCUT2D eigenvalue weighted by atomic mass is 10.2. The predicted octanol–water partition coefficient (Wildman–Crippen LogP) is 2.43. The number of Topliss-reactive ketones (excluding diaryl/α,β-unsaturated/α-hetero) is 1. The summed E-state index contributed by atoms with van der Waals surface area (Å²) < 4.78 is 5.50. The minimum Gasteiger partial charge on any atom is -0.490 e. The average Bonchev–Trinajstić information content (AvgIpc) is 2.04. The van der Waals surface area contributed by atoms with Crippen molar-refractivity contribution >= 4 is 5.78 Å². The van der Waals surface area contributed by atoms with Gasteiger partial charge in [-0.2, -0.15) is 0 Å². The highest BCUT2D eigenvalue weighted by Gasteiger charge is 2.05. The first-order chi connectivity index (χ1) is 6.18. The van der Waals surface area contributed by atoms with E-state index >= 15 is 0 Å². The van der Waals surface area contributed by atoms with Crippen LogP contribution in [0.15, 0.2) is 30.3 Å². The van der Waals surface area contributed by atoms with Crippen molar-refractivity contribution in [1.29, 1.82) is 0 Å². The van der Waals surface area contributed by atoms with Gasteiger partial charge in [-0.25, -0.2) is 0 Å². The summed E-state index contributed by atoms with van der Waals surface area (Å²) >= 11 is 0. The first-order valence-corrected chi connectivity index (χ1v) is 4.39. The summed E-state index contributed by atoms with van der Waals surface area (Å²) in [4.78, 5) is 10.8. The molecule has 13 heavy (non-hydrogen) atoms. The lowest BCUT2D eigenvalue weighted by Crippen LogP contribution is -2.15. The molecule has 0 aromatic heterocycles. The van der Waals surface area contributed by atoms with E-state index in [-0.39, 0.29) is 11.9 Å². The van der Waals surface area contributed by atoms with Crippen molar-refractivity contribution in [3.63, 3.8) is 0 Å². The molecule has 0 bridgehead atoms. The maximum Gasteiger partial charge on any atom is 0.133 e. The number of hydrogen-bond donors (Lipinski definition) is 0. The van der Waals surface area contributed by atoms with E-state index in [4.69, 9.17) is 4.74 Å². The summed E-state index contributed by atoms with van der Waals surface area (Å²) in [5.74, 6) is 0.972. The van der Waals surface area contributed by atoms with Gasteiger partial charge in [0.1, 0.15) is 17.6 Å². The number of ketones is 1. The van der Waals surface area contributed by atoms with Crippen LogP contribution < -0.4 is 4.74 Å². The van der Waals surface area contributed by atoms with Gasteiger partial charge in [0.25, 0.3) is 0 Å². The van der Waals surface area contributed by atoms with Crippen molar-refractivity contribution < 1.29 is 9.53 Å². The first kappa shape index (κ1) is 9.78. The van der Waals surface area contributed by atoms with Crippen molar-refractivity contribution in [2.75, 3.05) is 0 Å². The molecule has 1 aromatic rings. The van der Waals surface area contributed by atoms with Crippen LogP contribution in [0.2, 0.25) is 0 Å². The smallest absolute Gasteiger partial charge is 0.133 e. The fourth-order valence-corrected chi connectivity index (χ4v) is 1.18. The van der Waals surface area contributed by atoms with E-state index < -0.39 is 0 Å². The summed E-state index contributed by atoms with van der Waals surface area (Å²) in [6, 6.07) is 9.53. The number of para-hydroxylation sites is 1. The van der Waals surface area contributed by atoms with Crippen LogP contribution in [0.3, 0.4) is 0 Å². The molecule has 70 valence electrons. The fourth-order valence-electron chi connectivity index (χ4n) is 1.18. The molecule has 2 nitrogen and oxygen atoms in total. The number of benzene rings is 1. The molecule has 2 heteroatoms. The van der Waals surface area contributed by atoms with Crippen molar-refractivity contribution in [2.24, 2.45) is 0 Å². The topological polar surface area (TPSA) is 26.3 Å². The first-order valence-electron chi connectivity index (χ1n) is 4.39. The Morgan fingerprint density at radius 1 is 1.38 bits per heavy atom. The van der Waals surface area contributed by atoms with Crippen molar-refractivity contribution in [3.8, 4) is 5.75 Å². The zero-order chi connectivity index (χ0) is 9.68. The van der Waals surface area contributed by atoms with Crippen molar-refractivity contribution in [1.82, 2.24) is 0 Å². The number of hydrogen-bond acceptors (Lipinski definition) is 2. The Hall–Kier alpha value is -1.31. The fraction of sp³-hybridized carbons (Fsp3) is 0.364. The summed E-state index contributed by atoms with van der Waals surface area (Å²) in [7, 11) is 0. The van der Waals surface area contributed by atoms with Gasteiger partial charge in [0.15, 0.2) is 0 Å². The molecule has 0 aliphatic carbocycles. The van der Waals surface area contributed by atoms with Crippen LogP contribution in [-0.4, -0.2) is 11.9 Å². The Kier molecular flexibility index (Phi) is 3.50. The molecule has 1 rings (SSSR count). The molecule has 1 aromatic carbocycles. The summed E-state index contributed by atoms with van der Waals surface area (Å²) in [6.45, 7) is 3.47. The Morgan fingerprint density at radius 2 is 2.00 bits per heavy atom. The van der Waals surface area contributed by atoms with Crippen LogP contribution in [0.1, 0.15) is 20.3 Å². The quantitative estimate of drug-likeness (QED) is 0.707. The Morgan fingerprint density at radius 3 is 2.54 bits per heavy atom. The van der Waals surface area contributed by atoms with E-state index in [1.165, 1.54) is 0 Å². The second-order valence-corrected chi connectivity index (χ2v) is 3.15. The maximum atomic E-state index is 10.8. The molecule has 1 atom stereocenters. The monoisotopic (exact) mass is 178 g/mol. The zero-order valence-electron chi connectivity index (χ0n) is 7.99. The van der Waals surface area contributed by atoms with Gasteiger partial charge in [0.2, 0.25) is 0 Å². The molecular weight excluding hydrogens is 164 g/mol. The molecule has 0 aliphatic heterocycles. The standard InChI is InChI=1S/C11H14O2/c1-9(12)8-10(2)13-11-6-4-3-5-7-11/h3-7,10H,8H2,1-2H3. The minimum atomic E-state index is -0.0418. The van der Waals surface area contributed by atoms with Crippen LogP contribution in [0, 0.1) is 0 Å². The summed E-state index contributed by atoms with van der Waals surface area (Å²) in [5.41, 5.74) is 0. The van der Waals surface area contributed by atoms with Crippen LogP contribution in [0.4, 0.5) is 0 Å². The molecule has 0 amide bonds. The largest absolute Gasteiger partial charge is 0.490 e. The normalized spacial score (nSPS) is 12.2. The van der Waals surface area contributed by atoms with Crippen LogP contribution >= 0.6 is 0 Å². The van der Waals surface area contributed by atoms with Gasteiger partial charge in [-0.15, -0.1) is 0 Å². The molecule has 0 radical (unpaired) electrons. The highest BCUT2D eigenvalue weighted by Crippen LogP contribution is 2.12. The second-order valence-electron chi connectivity index (χ2n) is 3.15. The van der Waals surface area contributed by atoms with Gasteiger partial charge in [0.05, 0.1) is 0 Å². The third-order valence-electron chi connectivity index (χ3n) is 1.66. The van der Waals surface area contributed by atoms with Crippen LogP contribution in [0.5, 0.6) is 5.75 Å². The molecule has 0 saturated heterocycles. The van der Waals surface area contributed by atoms with Gasteiger partial charge in [-0.3, -0.25) is 4.79 Å². The van der Waals surface area contributed by atoms with E-state index in [1.807, 2.05) is 37.3 Å². The average molecular weight is 178 g/mol. The van der Waals surface area contributed by atoms with E-state index in [2.05, 4.69) is 0 Å². The predicted molar refractivity (Wildman–Crippen MR) is 51.8 cm³/mol. The van der Waals surface area contributed by atoms with Crippen molar-refractivity contribution in [2.45, 2.75) is 26.4 Å². The SMILES string of the molecule is CC(=O)CC(C)Oc1ccccc1. The molecule has 0 saturated carbocycles. The number of ether oxygens (including phenoxy) is 1. The van der Waals surface area contributed by atoms with Gasteiger partial charge in [-0.1, -0.05) is 18.2 Å². The van der Waals surface area contributed by atoms with E-state index in [1.54, 1.807) is 6.92 Å². The number of rotatable bonds is 4. The minimum absolute atomic E-state index is 0.0418. The zero-order valence-corrected chi connectivity index (χ0v) is 7.99. The van der Waals surface area contributed by atoms with E-state index in [0.29, 0.717) is 6.42 Å². The highest BCUT2D eigenvalue weighted by atomic mass is 16.5. The molecule has 0 spiro atoms. The van der Waals surface area contributed by atoms with Gasteiger partial charge < -0.3 is 4.74 Å². The third-order valence-corrected chi connectivity index (χ3v) is 1.66. The van der Waals surface area contributed by atoms with E-state index in [0.717, 1.165) is 5.75 Å². The van der Waals surface area contributed by atoms with Crippen molar-refractivity contribution in [3.05, 3.63) is 30.3 Å². The van der Waals surface area contributed by atoms with Gasteiger partial charge in [0, 0.05) is 6.42 Å². The lowest BCUT2D eigenvalue weighted by molar-refractivity contribution is -0.118. The summed E-state index contributed by atoms with van der Waals surface area (Å²) in [6.07, 6.45) is 0.425. The Balaban J connectivity index is 2.45. The molecule has 0 fully saturated rings. The lowest BCUT2D eigenvalue weighted by Gasteiger charge is -2.12. The molecule has 0 N–H and O–H groups in total. The third kappa shape index (κ3) is 3.74. The highest BCUT2D eigenvalue weighted by molar-refractivity contribution is 5.75. The molecule has 0 heterocycles. The molecular formula is C11H14O2. The molecule has 1 unspecified atom stereocenters. The summed E-state index contributed by atoms with van der Waals surface area (Å²) in [5, 5.41) is 0. The van der Waals surface area contributed by atoms with Gasteiger partial charge in [-0.05, 0) is 26.0 Å². The second kappa shape index (κ2) is 4.65. The maximum absolute atomic E-state index is 10.8. The Labute approximate surface area is 78.5 Å².